The number of carbonyl (C=O) groups excluding carboxylic acids is 2. The second kappa shape index (κ2) is 8.98. The molecule has 0 saturated heterocycles. The molecule has 0 unspecified atom stereocenters. The molecule has 3 aromatic rings. The van der Waals surface area contributed by atoms with Crippen LogP contribution in [0.15, 0.2) is 48.5 Å². The quantitative estimate of drug-likeness (QED) is 0.612. The number of methoxy groups -OCH3 is 3. The van der Waals surface area contributed by atoms with E-state index in [0.29, 0.717) is 22.8 Å². The van der Waals surface area contributed by atoms with Crippen LogP contribution in [0.5, 0.6) is 5.75 Å². The largest absolute Gasteiger partial charge is 0.497 e. The molecule has 0 radical (unpaired) electrons. The van der Waals surface area contributed by atoms with Crippen molar-refractivity contribution in [2.24, 2.45) is 0 Å². The molecule has 150 valence electrons. The summed E-state index contributed by atoms with van der Waals surface area (Å²) in [4.78, 5) is 24.8. The molecule has 0 aliphatic heterocycles. The number of hydrogen-bond donors (Lipinski definition) is 1. The lowest BCUT2D eigenvalue weighted by atomic mass is 10.1. The van der Waals surface area contributed by atoms with E-state index in [4.69, 9.17) is 14.2 Å². The summed E-state index contributed by atoms with van der Waals surface area (Å²) in [5.74, 6) is -0.382. The lowest BCUT2D eigenvalue weighted by molar-refractivity contribution is 0.0602. The van der Waals surface area contributed by atoms with Gasteiger partial charge in [-0.1, -0.05) is 17.3 Å². The molecule has 29 heavy (non-hydrogen) atoms. The number of carbonyl (C=O) groups is 2. The van der Waals surface area contributed by atoms with Gasteiger partial charge in [-0.15, -0.1) is 5.10 Å². The molecule has 1 amide bonds. The van der Waals surface area contributed by atoms with Gasteiger partial charge < -0.3 is 19.5 Å². The third-order valence-electron chi connectivity index (χ3n) is 4.16. The molecule has 1 aromatic heterocycles. The molecule has 0 aliphatic carbocycles. The Hall–Kier alpha value is -3.72. The van der Waals surface area contributed by atoms with E-state index in [9.17, 15) is 9.59 Å². The van der Waals surface area contributed by atoms with Crippen molar-refractivity contribution in [1.82, 2.24) is 15.0 Å². The summed E-state index contributed by atoms with van der Waals surface area (Å²) in [5.41, 5.74) is 1.79. The fourth-order valence-corrected chi connectivity index (χ4v) is 2.74. The Morgan fingerprint density at radius 1 is 1.03 bits per heavy atom. The van der Waals surface area contributed by atoms with Gasteiger partial charge >= 0.3 is 5.97 Å². The summed E-state index contributed by atoms with van der Waals surface area (Å²) in [7, 11) is 4.37. The van der Waals surface area contributed by atoms with Crippen molar-refractivity contribution >= 4 is 17.6 Å². The van der Waals surface area contributed by atoms with Crippen molar-refractivity contribution in [3.05, 3.63) is 65.5 Å². The summed E-state index contributed by atoms with van der Waals surface area (Å²) in [5, 5.41) is 10.8. The van der Waals surface area contributed by atoms with Crippen LogP contribution in [0.4, 0.5) is 5.69 Å². The Morgan fingerprint density at radius 2 is 1.76 bits per heavy atom. The molecule has 0 atom stereocenters. The van der Waals surface area contributed by atoms with Crippen molar-refractivity contribution in [1.29, 1.82) is 0 Å². The molecule has 2 aromatic carbocycles. The zero-order valence-corrected chi connectivity index (χ0v) is 16.2. The molecule has 3 rings (SSSR count). The van der Waals surface area contributed by atoms with E-state index in [1.807, 2.05) is 0 Å². The fraction of sp³-hybridized carbons (Fsp3) is 0.200. The highest BCUT2D eigenvalue weighted by Crippen LogP contribution is 2.20. The number of para-hydroxylation sites is 1. The zero-order chi connectivity index (χ0) is 20.8. The summed E-state index contributed by atoms with van der Waals surface area (Å²) in [6.45, 7) is 0.112. The predicted octanol–water partition coefficient (Wildman–Crippen LogP) is 2.46. The Kier molecular flexibility index (Phi) is 6.20. The van der Waals surface area contributed by atoms with E-state index in [1.54, 1.807) is 55.6 Å². The van der Waals surface area contributed by atoms with E-state index in [2.05, 4.69) is 15.6 Å². The molecule has 0 saturated carbocycles. The van der Waals surface area contributed by atoms with Crippen LogP contribution in [0.1, 0.15) is 26.5 Å². The maximum atomic E-state index is 12.9. The Morgan fingerprint density at radius 3 is 2.41 bits per heavy atom. The third-order valence-corrected chi connectivity index (χ3v) is 4.16. The topological polar surface area (TPSA) is 105 Å². The van der Waals surface area contributed by atoms with E-state index < -0.39 is 11.9 Å². The van der Waals surface area contributed by atoms with Gasteiger partial charge in [-0.05, 0) is 36.4 Å². The van der Waals surface area contributed by atoms with Crippen molar-refractivity contribution in [3.63, 3.8) is 0 Å². The first-order valence-electron chi connectivity index (χ1n) is 8.65. The van der Waals surface area contributed by atoms with E-state index in [1.165, 1.54) is 18.9 Å². The van der Waals surface area contributed by atoms with Gasteiger partial charge in [0.25, 0.3) is 5.91 Å². The number of amides is 1. The molecule has 1 N–H and O–H groups in total. The maximum Gasteiger partial charge on any atom is 0.339 e. The van der Waals surface area contributed by atoms with Gasteiger partial charge in [0, 0.05) is 7.11 Å². The lowest BCUT2D eigenvalue weighted by Gasteiger charge is -2.10. The molecular formula is C20H20N4O5. The monoisotopic (exact) mass is 396 g/mol. The number of nitrogens with zero attached hydrogens (tertiary/aromatic N) is 3. The summed E-state index contributed by atoms with van der Waals surface area (Å²) in [6.07, 6.45) is 0. The lowest BCUT2D eigenvalue weighted by Crippen LogP contribution is -2.18. The number of hydrogen-bond acceptors (Lipinski definition) is 7. The van der Waals surface area contributed by atoms with Gasteiger partial charge in [-0.25, -0.2) is 9.48 Å². The zero-order valence-electron chi connectivity index (χ0n) is 16.2. The van der Waals surface area contributed by atoms with Gasteiger partial charge in [0.2, 0.25) is 0 Å². The smallest absolute Gasteiger partial charge is 0.339 e. The summed E-state index contributed by atoms with van der Waals surface area (Å²) < 4.78 is 16.7. The summed E-state index contributed by atoms with van der Waals surface area (Å²) >= 11 is 0. The van der Waals surface area contributed by atoms with E-state index in [0.717, 1.165) is 0 Å². The Labute approximate surface area is 167 Å². The molecule has 9 nitrogen and oxygen atoms in total. The van der Waals surface area contributed by atoms with E-state index in [-0.39, 0.29) is 17.9 Å². The number of benzene rings is 2. The highest BCUT2D eigenvalue weighted by atomic mass is 16.5. The molecule has 0 bridgehead atoms. The van der Waals surface area contributed by atoms with Crippen LogP contribution in [0, 0.1) is 0 Å². The van der Waals surface area contributed by atoms with Crippen LogP contribution >= 0.6 is 0 Å². The number of nitrogens with one attached hydrogen (secondary N) is 1. The molecule has 0 fully saturated rings. The first-order valence-corrected chi connectivity index (χ1v) is 8.65. The second-order valence-electron chi connectivity index (χ2n) is 5.92. The van der Waals surface area contributed by atoms with Crippen molar-refractivity contribution in [2.45, 2.75) is 6.61 Å². The van der Waals surface area contributed by atoms with Gasteiger partial charge in [-0.3, -0.25) is 4.79 Å². The molecule has 0 spiro atoms. The van der Waals surface area contributed by atoms with Crippen LogP contribution < -0.4 is 10.1 Å². The van der Waals surface area contributed by atoms with Gasteiger partial charge in [0.1, 0.15) is 11.4 Å². The molecule has 9 heteroatoms. The first-order chi connectivity index (χ1) is 14.1. The number of ether oxygens (including phenoxy) is 3. The number of esters is 1. The third kappa shape index (κ3) is 4.25. The van der Waals surface area contributed by atoms with Crippen molar-refractivity contribution in [2.75, 3.05) is 26.6 Å². The molecular weight excluding hydrogens is 376 g/mol. The van der Waals surface area contributed by atoms with Crippen LogP contribution in [0.25, 0.3) is 5.69 Å². The SMILES string of the molecule is COCc1c(C(=O)Nc2ccccc2C(=O)OC)nnn1-c1ccc(OC)cc1. The average Bonchev–Trinajstić information content (AvgIpc) is 3.17. The number of rotatable bonds is 7. The standard InChI is InChI=1S/C20H20N4O5/c1-27-12-17-18(22-23-24(17)13-8-10-14(28-2)11-9-13)19(25)21-16-7-5-4-6-15(16)20(26)29-3/h4-11H,12H2,1-3H3,(H,21,25). The highest BCUT2D eigenvalue weighted by molar-refractivity contribution is 6.07. The minimum atomic E-state index is -0.556. The Bertz CT molecular complexity index is 1010. The minimum absolute atomic E-state index is 0.0855. The van der Waals surface area contributed by atoms with Crippen LogP contribution in [0.3, 0.4) is 0 Å². The van der Waals surface area contributed by atoms with Crippen molar-refractivity contribution in [3.8, 4) is 11.4 Å². The second-order valence-corrected chi connectivity index (χ2v) is 5.92. The fourth-order valence-electron chi connectivity index (χ4n) is 2.74. The van der Waals surface area contributed by atoms with Crippen LogP contribution in [0.2, 0.25) is 0 Å². The highest BCUT2D eigenvalue weighted by Gasteiger charge is 2.22. The maximum absolute atomic E-state index is 12.9. The minimum Gasteiger partial charge on any atom is -0.497 e. The normalized spacial score (nSPS) is 10.4. The average molecular weight is 396 g/mol. The van der Waals surface area contributed by atoms with Crippen molar-refractivity contribution < 1.29 is 23.8 Å². The molecule has 0 aliphatic rings. The Balaban J connectivity index is 1.94. The van der Waals surface area contributed by atoms with E-state index >= 15 is 0 Å². The van der Waals surface area contributed by atoms with Gasteiger partial charge in [0.15, 0.2) is 5.69 Å². The van der Waals surface area contributed by atoms with Gasteiger partial charge in [0.05, 0.1) is 37.8 Å². The summed E-state index contributed by atoms with van der Waals surface area (Å²) in [6, 6.07) is 13.7. The van der Waals surface area contributed by atoms with Crippen LogP contribution in [-0.4, -0.2) is 48.2 Å². The van der Waals surface area contributed by atoms with Gasteiger partial charge in [-0.2, -0.15) is 0 Å². The molecule has 1 heterocycles. The predicted molar refractivity (Wildman–Crippen MR) is 104 cm³/mol. The number of aromatic nitrogens is 3. The number of anilines is 1. The first kappa shape index (κ1) is 20.0. The van der Waals surface area contributed by atoms with Crippen LogP contribution in [-0.2, 0) is 16.1 Å².